The monoisotopic (exact) mass is 292 g/mol. The summed E-state index contributed by atoms with van der Waals surface area (Å²) < 4.78 is 1.07. The third-order valence-corrected chi connectivity index (χ3v) is 2.73. The van der Waals surface area contributed by atoms with Gasteiger partial charge in [-0.2, -0.15) is 5.10 Å². The minimum atomic E-state index is -1.22. The Morgan fingerprint density at radius 1 is 1.24 bits per heavy atom. The van der Waals surface area contributed by atoms with Gasteiger partial charge in [0.1, 0.15) is 5.69 Å². The number of carboxylic acid groups (broad SMARTS) is 1. The van der Waals surface area contributed by atoms with E-state index in [1.54, 1.807) is 0 Å². The molecular formula is C11H8N4O6. The minimum absolute atomic E-state index is 0.122. The fraction of sp³-hybridized carbons (Fsp3) is 0.0909. The number of benzene rings is 1. The Bertz CT molecular complexity index is 738. The second-order valence-corrected chi connectivity index (χ2v) is 4.01. The van der Waals surface area contributed by atoms with Crippen LogP contribution in [0.25, 0.3) is 0 Å². The van der Waals surface area contributed by atoms with E-state index in [1.807, 2.05) is 0 Å². The number of carboxylic acids is 1. The Kier molecular flexibility index (Phi) is 3.61. The molecule has 1 N–H and O–H groups in total. The molecule has 2 rings (SSSR count). The highest BCUT2D eigenvalue weighted by atomic mass is 16.6. The molecular weight excluding hydrogens is 284 g/mol. The lowest BCUT2D eigenvalue weighted by molar-refractivity contribution is -0.394. The Morgan fingerprint density at radius 2 is 1.95 bits per heavy atom. The number of nitro benzene ring substituents is 2. The van der Waals surface area contributed by atoms with Crippen molar-refractivity contribution in [2.24, 2.45) is 0 Å². The summed E-state index contributed by atoms with van der Waals surface area (Å²) >= 11 is 0. The molecule has 1 heterocycles. The molecule has 0 unspecified atom stereocenters. The largest absolute Gasteiger partial charge is 0.477 e. The molecule has 0 aliphatic carbocycles. The standard InChI is InChI=1S/C11H8N4O6/c16-11(17)9-3-4-12-13(9)6-7-1-2-8(14(18)19)5-10(7)15(20)21/h1-5H,6H2,(H,16,17). The van der Waals surface area contributed by atoms with E-state index in [4.69, 9.17) is 5.11 Å². The number of non-ortho nitro benzene ring substituents is 1. The molecule has 10 nitrogen and oxygen atoms in total. The van der Waals surface area contributed by atoms with Crippen LogP contribution < -0.4 is 0 Å². The molecule has 0 amide bonds. The molecule has 0 aliphatic heterocycles. The molecule has 108 valence electrons. The number of rotatable bonds is 5. The smallest absolute Gasteiger partial charge is 0.354 e. The van der Waals surface area contributed by atoms with E-state index in [2.05, 4.69) is 5.10 Å². The van der Waals surface area contributed by atoms with Crippen molar-refractivity contribution >= 4 is 17.3 Å². The molecule has 1 aromatic carbocycles. The third-order valence-electron chi connectivity index (χ3n) is 2.73. The molecule has 0 saturated heterocycles. The zero-order chi connectivity index (χ0) is 15.6. The summed E-state index contributed by atoms with van der Waals surface area (Å²) in [4.78, 5) is 31.1. The van der Waals surface area contributed by atoms with Crippen LogP contribution in [0, 0.1) is 20.2 Å². The van der Waals surface area contributed by atoms with E-state index < -0.39 is 27.2 Å². The molecule has 21 heavy (non-hydrogen) atoms. The molecule has 2 aromatic rings. The second kappa shape index (κ2) is 5.36. The van der Waals surface area contributed by atoms with E-state index >= 15 is 0 Å². The summed E-state index contributed by atoms with van der Waals surface area (Å²) in [5.74, 6) is -1.22. The van der Waals surface area contributed by atoms with Gasteiger partial charge in [0.2, 0.25) is 0 Å². The van der Waals surface area contributed by atoms with Crippen molar-refractivity contribution in [1.29, 1.82) is 0 Å². The molecule has 0 bridgehead atoms. The molecule has 0 saturated carbocycles. The third kappa shape index (κ3) is 2.83. The predicted octanol–water partition coefficient (Wildman–Crippen LogP) is 1.45. The first-order valence-corrected chi connectivity index (χ1v) is 5.57. The van der Waals surface area contributed by atoms with Crippen molar-refractivity contribution in [3.63, 3.8) is 0 Å². The highest BCUT2D eigenvalue weighted by molar-refractivity contribution is 5.85. The van der Waals surface area contributed by atoms with Crippen LogP contribution in [0.2, 0.25) is 0 Å². The SMILES string of the molecule is O=C(O)c1ccnn1Cc1ccc([N+](=O)[O-])cc1[N+](=O)[O-]. The Balaban J connectivity index is 2.44. The van der Waals surface area contributed by atoms with Crippen LogP contribution in [-0.4, -0.2) is 30.7 Å². The topological polar surface area (TPSA) is 141 Å². The summed E-state index contributed by atoms with van der Waals surface area (Å²) in [5.41, 5.74) is -0.889. The first-order valence-electron chi connectivity index (χ1n) is 5.57. The van der Waals surface area contributed by atoms with E-state index in [1.165, 1.54) is 18.3 Å². The van der Waals surface area contributed by atoms with Gasteiger partial charge in [-0.1, -0.05) is 0 Å². The Morgan fingerprint density at radius 3 is 2.52 bits per heavy atom. The van der Waals surface area contributed by atoms with Crippen molar-refractivity contribution in [3.05, 3.63) is 61.9 Å². The van der Waals surface area contributed by atoms with Crippen LogP contribution in [0.15, 0.2) is 30.5 Å². The molecule has 0 atom stereocenters. The lowest BCUT2D eigenvalue weighted by Crippen LogP contribution is -2.12. The van der Waals surface area contributed by atoms with Crippen molar-refractivity contribution in [3.8, 4) is 0 Å². The molecule has 0 radical (unpaired) electrons. The highest BCUT2D eigenvalue weighted by Crippen LogP contribution is 2.25. The van der Waals surface area contributed by atoms with Gasteiger partial charge in [-0.25, -0.2) is 4.79 Å². The first kappa shape index (κ1) is 14.1. The lowest BCUT2D eigenvalue weighted by Gasteiger charge is -2.05. The van der Waals surface area contributed by atoms with Gasteiger partial charge in [0.05, 0.1) is 28.0 Å². The van der Waals surface area contributed by atoms with Crippen molar-refractivity contribution in [2.45, 2.75) is 6.54 Å². The minimum Gasteiger partial charge on any atom is -0.477 e. The molecule has 0 fully saturated rings. The van der Waals surface area contributed by atoms with Crippen LogP contribution in [0.1, 0.15) is 16.1 Å². The van der Waals surface area contributed by atoms with E-state index in [0.29, 0.717) is 0 Å². The summed E-state index contributed by atoms with van der Waals surface area (Å²) in [6.07, 6.45) is 1.25. The highest BCUT2D eigenvalue weighted by Gasteiger charge is 2.21. The van der Waals surface area contributed by atoms with Crippen LogP contribution in [-0.2, 0) is 6.54 Å². The Labute approximate surface area is 116 Å². The molecule has 0 aliphatic rings. The number of nitrogens with zero attached hydrogens (tertiary/aromatic N) is 4. The first-order chi connectivity index (χ1) is 9.90. The normalized spacial score (nSPS) is 10.3. The number of aromatic nitrogens is 2. The van der Waals surface area contributed by atoms with Gasteiger partial charge in [-0.3, -0.25) is 24.9 Å². The van der Waals surface area contributed by atoms with Gasteiger partial charge in [0.25, 0.3) is 11.4 Å². The van der Waals surface area contributed by atoms with Gasteiger partial charge >= 0.3 is 5.97 Å². The lowest BCUT2D eigenvalue weighted by atomic mass is 10.1. The fourth-order valence-electron chi connectivity index (χ4n) is 1.77. The van der Waals surface area contributed by atoms with Crippen molar-refractivity contribution in [2.75, 3.05) is 0 Å². The quantitative estimate of drug-likeness (QED) is 0.649. The summed E-state index contributed by atoms with van der Waals surface area (Å²) in [6, 6.07) is 4.41. The van der Waals surface area contributed by atoms with Crippen LogP contribution in [0.4, 0.5) is 11.4 Å². The van der Waals surface area contributed by atoms with Crippen LogP contribution in [0.3, 0.4) is 0 Å². The number of nitro groups is 2. The number of carbonyl (C=O) groups is 1. The number of aromatic carboxylic acids is 1. The number of hydrogen-bond donors (Lipinski definition) is 1. The van der Waals surface area contributed by atoms with Crippen LogP contribution in [0.5, 0.6) is 0 Å². The van der Waals surface area contributed by atoms with Gasteiger partial charge in [0.15, 0.2) is 0 Å². The van der Waals surface area contributed by atoms with Crippen molar-refractivity contribution in [1.82, 2.24) is 9.78 Å². The van der Waals surface area contributed by atoms with Crippen LogP contribution >= 0.6 is 0 Å². The predicted molar refractivity (Wildman–Crippen MR) is 68.0 cm³/mol. The van der Waals surface area contributed by atoms with Gasteiger partial charge < -0.3 is 5.11 Å². The molecule has 10 heteroatoms. The maximum atomic E-state index is 11.0. The Hall–Kier alpha value is -3.30. The second-order valence-electron chi connectivity index (χ2n) is 4.01. The summed E-state index contributed by atoms with van der Waals surface area (Å²) in [6.45, 7) is -0.178. The summed E-state index contributed by atoms with van der Waals surface area (Å²) in [7, 11) is 0. The zero-order valence-electron chi connectivity index (χ0n) is 10.4. The fourth-order valence-corrected chi connectivity index (χ4v) is 1.77. The number of hydrogen-bond acceptors (Lipinski definition) is 6. The van der Waals surface area contributed by atoms with Gasteiger partial charge in [0, 0.05) is 12.3 Å². The van der Waals surface area contributed by atoms with Gasteiger partial charge in [-0.15, -0.1) is 0 Å². The zero-order valence-corrected chi connectivity index (χ0v) is 10.4. The van der Waals surface area contributed by atoms with Crippen molar-refractivity contribution < 1.29 is 19.7 Å². The average molecular weight is 292 g/mol. The maximum absolute atomic E-state index is 11.0. The maximum Gasteiger partial charge on any atom is 0.354 e. The van der Waals surface area contributed by atoms with E-state index in [0.717, 1.165) is 16.8 Å². The molecule has 1 aromatic heterocycles. The van der Waals surface area contributed by atoms with E-state index in [9.17, 15) is 25.0 Å². The summed E-state index contributed by atoms with van der Waals surface area (Å²) in [5, 5.41) is 34.3. The average Bonchev–Trinajstić information content (AvgIpc) is 2.87. The van der Waals surface area contributed by atoms with E-state index in [-0.39, 0.29) is 17.8 Å². The molecule has 0 spiro atoms. The van der Waals surface area contributed by atoms with Gasteiger partial charge in [-0.05, 0) is 12.1 Å².